The van der Waals surface area contributed by atoms with E-state index >= 15 is 0 Å². The van der Waals surface area contributed by atoms with Crippen LogP contribution in [-0.4, -0.2) is 103 Å². The number of nitrogens with zero attached hydrogens (tertiary/aromatic N) is 3. The van der Waals surface area contributed by atoms with Crippen molar-refractivity contribution in [1.29, 1.82) is 0 Å². The van der Waals surface area contributed by atoms with Crippen molar-refractivity contribution in [3.63, 3.8) is 0 Å². The van der Waals surface area contributed by atoms with Crippen LogP contribution in [0.25, 0.3) is 0 Å². The normalized spacial score (nSPS) is 45.8. The molecule has 0 aromatic heterocycles. The van der Waals surface area contributed by atoms with Gasteiger partial charge in [-0.3, -0.25) is 14.5 Å². The summed E-state index contributed by atoms with van der Waals surface area (Å²) < 4.78 is 13.5. The van der Waals surface area contributed by atoms with E-state index < -0.39 is 0 Å². The summed E-state index contributed by atoms with van der Waals surface area (Å²) in [6.07, 6.45) is 12.5. The summed E-state index contributed by atoms with van der Waals surface area (Å²) in [7, 11) is 0. The number of hydrogen-bond donors (Lipinski definition) is 1. The number of piperazine rings is 1. The maximum atomic E-state index is 13.2. The van der Waals surface area contributed by atoms with Crippen LogP contribution >= 0.6 is 0 Å². The molecule has 0 bridgehead atoms. The van der Waals surface area contributed by atoms with Crippen molar-refractivity contribution in [2.45, 2.75) is 130 Å². The van der Waals surface area contributed by atoms with Crippen LogP contribution < -0.4 is 5.32 Å². The Morgan fingerprint density at radius 2 is 1.62 bits per heavy atom. The largest absolute Gasteiger partial charge is 0.353 e. The Morgan fingerprint density at radius 3 is 2.33 bits per heavy atom. The monoisotopic (exact) mass is 669 g/mol. The lowest BCUT2D eigenvalue weighted by molar-refractivity contribution is -0.273. The minimum atomic E-state index is -0.330. The van der Waals surface area contributed by atoms with Crippen LogP contribution in [0, 0.1) is 52.3 Å². The van der Waals surface area contributed by atoms with E-state index in [1.807, 2.05) is 4.90 Å². The molecule has 3 heterocycles. The van der Waals surface area contributed by atoms with Crippen LogP contribution in [0.3, 0.4) is 0 Å². The van der Waals surface area contributed by atoms with E-state index in [2.05, 4.69) is 56.7 Å². The molecule has 7 aliphatic rings. The zero-order valence-electron chi connectivity index (χ0n) is 31.3. The first-order valence-corrected chi connectivity index (χ1v) is 20.3. The maximum absolute atomic E-state index is 13.2. The van der Waals surface area contributed by atoms with Crippen LogP contribution in [0.1, 0.15) is 112 Å². The van der Waals surface area contributed by atoms with Crippen LogP contribution in [0.2, 0.25) is 0 Å². The number of carbonyl (C=O) groups excluding carboxylic acids is 2. The molecule has 4 aliphatic carbocycles. The number of ether oxygens (including phenoxy) is 2. The zero-order chi connectivity index (χ0) is 33.8. The fraction of sp³-hybridized carbons (Fsp3) is 0.950. The summed E-state index contributed by atoms with van der Waals surface area (Å²) >= 11 is 0. The zero-order valence-corrected chi connectivity index (χ0v) is 31.3. The lowest BCUT2D eigenvalue weighted by Gasteiger charge is -2.61. The van der Waals surface area contributed by atoms with Gasteiger partial charge in [-0.15, -0.1) is 0 Å². The molecule has 272 valence electrons. The lowest BCUT2D eigenvalue weighted by atomic mass is 9.44. The topological polar surface area (TPSA) is 74.4 Å². The van der Waals surface area contributed by atoms with Gasteiger partial charge in [0.15, 0.2) is 5.79 Å². The van der Waals surface area contributed by atoms with Gasteiger partial charge >= 0.3 is 0 Å². The van der Waals surface area contributed by atoms with Crippen LogP contribution in [0.15, 0.2) is 0 Å². The van der Waals surface area contributed by atoms with Gasteiger partial charge in [0, 0.05) is 57.6 Å². The van der Waals surface area contributed by atoms with E-state index in [9.17, 15) is 9.59 Å². The highest BCUT2D eigenvalue weighted by Gasteiger charge is 2.69. The number of hydrogen-bond acceptors (Lipinski definition) is 6. The number of fused-ring (bicyclic) bond motifs is 7. The first kappa shape index (κ1) is 35.2. The second kappa shape index (κ2) is 13.7. The average molecular weight is 669 g/mol. The molecule has 4 saturated carbocycles. The highest BCUT2D eigenvalue weighted by Crippen LogP contribution is 2.71. The Labute approximate surface area is 291 Å². The van der Waals surface area contributed by atoms with Gasteiger partial charge < -0.3 is 24.6 Å². The van der Waals surface area contributed by atoms with Crippen molar-refractivity contribution >= 4 is 11.8 Å². The molecule has 3 saturated heterocycles. The van der Waals surface area contributed by atoms with Gasteiger partial charge in [0.25, 0.3) is 0 Å². The van der Waals surface area contributed by atoms with Crippen molar-refractivity contribution in [3.8, 4) is 0 Å². The molecule has 3 aliphatic heterocycles. The molecule has 7 rings (SSSR count). The molecular formula is C40H68N4O4. The molecule has 0 aromatic rings. The van der Waals surface area contributed by atoms with Crippen molar-refractivity contribution in [2.75, 3.05) is 59.0 Å². The minimum absolute atomic E-state index is 0.00235. The van der Waals surface area contributed by atoms with Crippen molar-refractivity contribution in [3.05, 3.63) is 0 Å². The first-order chi connectivity index (χ1) is 23.0. The van der Waals surface area contributed by atoms with E-state index in [1.54, 1.807) is 0 Å². The maximum Gasteiger partial charge on any atom is 0.232 e. The molecule has 1 N–H and O–H groups in total. The Bertz CT molecular complexity index is 1160. The number of likely N-dealkylation sites (N-methyl/N-ethyl adjacent to an activating group) is 1. The predicted octanol–water partition coefficient (Wildman–Crippen LogP) is 5.79. The number of nitrogens with one attached hydrogen (secondary N) is 1. The highest BCUT2D eigenvalue weighted by atomic mass is 16.7. The third-order valence-electron chi connectivity index (χ3n) is 16.0. The number of carbonyl (C=O) groups is 2. The van der Waals surface area contributed by atoms with E-state index in [0.29, 0.717) is 40.6 Å². The number of rotatable bonds is 8. The lowest BCUT2D eigenvalue weighted by Crippen LogP contribution is -2.56. The van der Waals surface area contributed by atoms with Gasteiger partial charge in [0.05, 0.1) is 12.7 Å². The van der Waals surface area contributed by atoms with E-state index in [1.165, 1.54) is 44.9 Å². The fourth-order valence-electron chi connectivity index (χ4n) is 13.0. The van der Waals surface area contributed by atoms with Crippen molar-refractivity contribution in [1.82, 2.24) is 20.0 Å². The van der Waals surface area contributed by atoms with Crippen molar-refractivity contribution < 1.29 is 19.1 Å². The van der Waals surface area contributed by atoms with Gasteiger partial charge in [-0.05, 0) is 117 Å². The molecule has 2 amide bonds. The second-order valence-corrected chi connectivity index (χ2v) is 18.1. The van der Waals surface area contributed by atoms with Gasteiger partial charge in [-0.1, -0.05) is 41.5 Å². The van der Waals surface area contributed by atoms with Crippen molar-refractivity contribution in [2.24, 2.45) is 52.3 Å². The number of amides is 2. The summed E-state index contributed by atoms with van der Waals surface area (Å²) in [4.78, 5) is 33.1. The first-order valence-electron chi connectivity index (χ1n) is 20.3. The molecule has 7 fully saturated rings. The molecule has 48 heavy (non-hydrogen) atoms. The Hall–Kier alpha value is -1.22. The quantitative estimate of drug-likeness (QED) is 0.330. The van der Waals surface area contributed by atoms with Crippen LogP contribution in [0.5, 0.6) is 0 Å². The Morgan fingerprint density at radius 1 is 0.875 bits per heavy atom. The van der Waals surface area contributed by atoms with E-state index in [-0.39, 0.29) is 30.1 Å². The third kappa shape index (κ3) is 6.19. The fourth-order valence-corrected chi connectivity index (χ4v) is 13.0. The predicted molar refractivity (Wildman–Crippen MR) is 189 cm³/mol. The molecule has 12 atom stereocenters. The molecule has 8 nitrogen and oxygen atoms in total. The summed E-state index contributed by atoms with van der Waals surface area (Å²) in [6.45, 7) is 22.9. The molecule has 1 unspecified atom stereocenters. The van der Waals surface area contributed by atoms with Crippen LogP contribution in [-0.2, 0) is 19.1 Å². The summed E-state index contributed by atoms with van der Waals surface area (Å²) in [5, 5.41) is 3.34. The molecular weight excluding hydrogens is 600 g/mol. The summed E-state index contributed by atoms with van der Waals surface area (Å²) in [5.74, 6) is 4.36. The Balaban J connectivity index is 0.896. The smallest absolute Gasteiger partial charge is 0.232 e. The summed E-state index contributed by atoms with van der Waals surface area (Å²) in [5.41, 5.74) is 0.723. The Kier molecular flexibility index (Phi) is 10.1. The molecule has 8 heteroatoms. The van der Waals surface area contributed by atoms with Gasteiger partial charge in [0.1, 0.15) is 6.42 Å². The second-order valence-electron chi connectivity index (χ2n) is 18.1. The molecule has 0 aromatic carbocycles. The summed E-state index contributed by atoms with van der Waals surface area (Å²) in [6, 6.07) is 0.209. The van der Waals surface area contributed by atoms with Gasteiger partial charge in [0.2, 0.25) is 11.8 Å². The molecule has 1 spiro atoms. The standard InChI is InChI=1S/C40H68N4O4/c1-7-42(8-2)17-18-43-19-21-44(22-20-43)36(46)25-35(45)41-30-12-14-38(5)29(23-30)9-10-31-32(38)13-15-39(6)33(31)24-34-37(39)28(4)40(48-34)16-11-27(3)26-47-40/h27-34,37H,7-26H2,1-6H3,(H,41,45)/t27-,28-,29+,30-,31+,32?,33-,34-,37-,38-,39-,40+/m0/s1. The van der Waals surface area contributed by atoms with Crippen LogP contribution in [0.4, 0.5) is 0 Å². The molecule has 0 radical (unpaired) electrons. The third-order valence-corrected chi connectivity index (χ3v) is 16.0. The minimum Gasteiger partial charge on any atom is -0.353 e. The van der Waals surface area contributed by atoms with Gasteiger partial charge in [-0.25, -0.2) is 0 Å². The van der Waals surface area contributed by atoms with E-state index in [4.69, 9.17) is 9.47 Å². The van der Waals surface area contributed by atoms with E-state index in [0.717, 1.165) is 96.0 Å². The average Bonchev–Trinajstić information content (AvgIpc) is 3.52. The SMILES string of the molecule is CCN(CC)CCN1CCN(C(=O)CC(=O)N[C@H]2CC[C@]3(C)C4CC[C@]5(C)[C@@H]6[C@H](C[C@H]5[C@@H]4CC[C@@H]3C2)O[C@]2(CC[C@H](C)CO2)[C@H]6C)CC1. The highest BCUT2D eigenvalue weighted by molar-refractivity contribution is 5.97. The van der Waals surface area contributed by atoms with Gasteiger partial charge in [-0.2, -0.15) is 0 Å².